The van der Waals surface area contributed by atoms with Crippen LogP contribution in [-0.2, 0) is 16.6 Å². The molecule has 1 N–H and O–H groups in total. The highest BCUT2D eigenvalue weighted by atomic mass is 16.7. The van der Waals surface area contributed by atoms with Crippen molar-refractivity contribution in [2.45, 2.75) is 0 Å². The van der Waals surface area contributed by atoms with E-state index in [0.717, 1.165) is 0 Å². The maximum Gasteiger partial charge on any atom is 0.280 e. The fourth-order valence-electron chi connectivity index (χ4n) is 1.67. The first-order valence-electron chi connectivity index (χ1n) is 5.80. The van der Waals surface area contributed by atoms with Crippen LogP contribution in [0.4, 0.5) is 0 Å². The zero-order chi connectivity index (χ0) is 13.7. The maximum atomic E-state index is 12.0. The summed E-state index contributed by atoms with van der Waals surface area (Å²) in [6.45, 7) is 0.707. The summed E-state index contributed by atoms with van der Waals surface area (Å²) in [7, 11) is 3.34. The molecule has 0 radical (unpaired) electrons. The molecule has 2 rings (SSSR count). The first-order valence-corrected chi connectivity index (χ1v) is 5.80. The first kappa shape index (κ1) is 13.3. The molecule has 102 valence electrons. The summed E-state index contributed by atoms with van der Waals surface area (Å²) in [6.07, 6.45) is 5.20. The van der Waals surface area contributed by atoms with Crippen LogP contribution in [0.15, 0.2) is 30.7 Å². The van der Waals surface area contributed by atoms with Crippen LogP contribution in [0.3, 0.4) is 0 Å². The van der Waals surface area contributed by atoms with Crippen molar-refractivity contribution >= 4 is 5.91 Å². The number of hydroxylamine groups is 1. The Morgan fingerprint density at radius 2 is 2.11 bits per heavy atom. The second-order valence-corrected chi connectivity index (χ2v) is 3.87. The maximum absolute atomic E-state index is 12.0. The lowest BCUT2D eigenvalue weighted by molar-refractivity contribution is 0.00888. The monoisotopic (exact) mass is 264 g/mol. The minimum Gasteiger partial charge on any atom is -0.382 e. The Morgan fingerprint density at radius 3 is 2.79 bits per heavy atom. The molecule has 2 aromatic heterocycles. The Morgan fingerprint density at radius 1 is 1.37 bits per heavy atom. The fraction of sp³-hybridized carbons (Fsp3) is 0.333. The predicted octanol–water partition coefficient (Wildman–Crippen LogP) is 0.519. The summed E-state index contributed by atoms with van der Waals surface area (Å²) in [5.74, 6) is 0.339. The van der Waals surface area contributed by atoms with E-state index in [2.05, 4.69) is 10.6 Å². The normalized spacial score (nSPS) is 10.6. The van der Waals surface area contributed by atoms with E-state index in [4.69, 9.17) is 9.57 Å². The quantitative estimate of drug-likeness (QED) is 0.610. The topological polar surface area (TPSA) is 70.3 Å². The highest BCUT2D eigenvalue weighted by Gasteiger charge is 2.17. The molecule has 0 unspecified atom stereocenters. The van der Waals surface area contributed by atoms with Crippen LogP contribution in [0, 0.1) is 0 Å². The molecule has 0 spiro atoms. The van der Waals surface area contributed by atoms with E-state index in [1.165, 1.54) is 6.20 Å². The molecule has 0 aliphatic heterocycles. The smallest absolute Gasteiger partial charge is 0.280 e. The molecule has 2 heterocycles. The summed E-state index contributed by atoms with van der Waals surface area (Å²) >= 11 is 0. The lowest BCUT2D eigenvalue weighted by Crippen LogP contribution is -2.26. The molecule has 0 fully saturated rings. The van der Waals surface area contributed by atoms with E-state index in [-0.39, 0.29) is 5.91 Å². The molecule has 0 saturated heterocycles. The van der Waals surface area contributed by atoms with Crippen molar-refractivity contribution in [3.8, 4) is 5.82 Å². The number of methoxy groups -OCH3 is 1. The Bertz CT molecular complexity index is 533. The Balaban J connectivity index is 2.10. The third-order valence-corrected chi connectivity index (χ3v) is 2.56. The third-order valence-electron chi connectivity index (χ3n) is 2.56. The van der Waals surface area contributed by atoms with Gasteiger partial charge in [-0.05, 0) is 12.1 Å². The molecule has 0 aromatic carbocycles. The SMILES string of the molecule is COCCONC(=O)c1cnn(C)c1-n1cccc1. The van der Waals surface area contributed by atoms with E-state index in [0.29, 0.717) is 24.6 Å². The minimum atomic E-state index is -0.340. The highest BCUT2D eigenvalue weighted by Crippen LogP contribution is 2.13. The van der Waals surface area contributed by atoms with Crippen molar-refractivity contribution in [1.29, 1.82) is 0 Å². The van der Waals surface area contributed by atoms with Crippen LogP contribution in [0.1, 0.15) is 10.4 Å². The highest BCUT2D eigenvalue weighted by molar-refractivity contribution is 5.96. The van der Waals surface area contributed by atoms with E-state index < -0.39 is 0 Å². The van der Waals surface area contributed by atoms with Gasteiger partial charge >= 0.3 is 0 Å². The van der Waals surface area contributed by atoms with E-state index >= 15 is 0 Å². The summed E-state index contributed by atoms with van der Waals surface area (Å²) in [4.78, 5) is 17.0. The van der Waals surface area contributed by atoms with Crippen molar-refractivity contribution in [3.05, 3.63) is 36.3 Å². The van der Waals surface area contributed by atoms with E-state index in [9.17, 15) is 4.79 Å². The molecule has 0 saturated carbocycles. The Kier molecular flexibility index (Phi) is 4.32. The number of rotatable bonds is 6. The van der Waals surface area contributed by atoms with E-state index in [1.54, 1.807) is 18.8 Å². The van der Waals surface area contributed by atoms with Crippen LogP contribution >= 0.6 is 0 Å². The molecule has 19 heavy (non-hydrogen) atoms. The number of hydrogen-bond acceptors (Lipinski definition) is 4. The van der Waals surface area contributed by atoms with Gasteiger partial charge in [0.25, 0.3) is 5.91 Å². The Hall–Kier alpha value is -2.12. The first-order chi connectivity index (χ1) is 9.24. The van der Waals surface area contributed by atoms with Gasteiger partial charge in [0.05, 0.1) is 19.4 Å². The van der Waals surface area contributed by atoms with Gasteiger partial charge in [-0.1, -0.05) is 0 Å². The Labute approximate surface area is 110 Å². The summed E-state index contributed by atoms with van der Waals surface area (Å²) in [5, 5.41) is 4.09. The van der Waals surface area contributed by atoms with Crippen molar-refractivity contribution in [2.75, 3.05) is 20.3 Å². The molecule has 2 aromatic rings. The zero-order valence-electron chi connectivity index (χ0n) is 10.9. The number of hydrogen-bond donors (Lipinski definition) is 1. The number of aryl methyl sites for hydroxylation is 1. The van der Waals surface area contributed by atoms with Gasteiger partial charge in [-0.15, -0.1) is 0 Å². The summed E-state index contributed by atoms with van der Waals surface area (Å²) in [5.41, 5.74) is 2.80. The summed E-state index contributed by atoms with van der Waals surface area (Å²) in [6, 6.07) is 3.76. The molecular formula is C12H16N4O3. The van der Waals surface area contributed by atoms with Gasteiger partial charge in [0.2, 0.25) is 0 Å². The number of aromatic nitrogens is 3. The number of amides is 1. The molecule has 0 aliphatic rings. The average Bonchev–Trinajstić information content (AvgIpc) is 3.03. The lowest BCUT2D eigenvalue weighted by Gasteiger charge is -2.08. The van der Waals surface area contributed by atoms with Crippen LogP contribution < -0.4 is 5.48 Å². The molecule has 0 bridgehead atoms. The zero-order valence-corrected chi connectivity index (χ0v) is 10.9. The van der Waals surface area contributed by atoms with Crippen molar-refractivity contribution in [3.63, 3.8) is 0 Å². The molecule has 0 atom stereocenters. The van der Waals surface area contributed by atoms with Gasteiger partial charge in [0.15, 0.2) is 0 Å². The van der Waals surface area contributed by atoms with Crippen LogP contribution in [0.5, 0.6) is 0 Å². The van der Waals surface area contributed by atoms with Gasteiger partial charge in [-0.2, -0.15) is 5.10 Å². The van der Waals surface area contributed by atoms with Gasteiger partial charge in [-0.3, -0.25) is 14.3 Å². The van der Waals surface area contributed by atoms with Gasteiger partial charge < -0.3 is 9.30 Å². The number of carbonyl (C=O) groups is 1. The van der Waals surface area contributed by atoms with Gasteiger partial charge in [0.1, 0.15) is 11.4 Å². The molecular weight excluding hydrogens is 248 g/mol. The molecule has 7 heteroatoms. The van der Waals surface area contributed by atoms with Crippen molar-refractivity contribution < 1.29 is 14.4 Å². The fourth-order valence-corrected chi connectivity index (χ4v) is 1.67. The average molecular weight is 264 g/mol. The van der Waals surface area contributed by atoms with Crippen molar-refractivity contribution in [2.24, 2.45) is 7.05 Å². The molecule has 1 amide bonds. The standard InChI is InChI=1S/C12H16N4O3/c1-15-12(16-5-3-4-6-16)10(9-13-15)11(17)14-19-8-7-18-2/h3-6,9H,7-8H2,1-2H3,(H,14,17). The number of ether oxygens (including phenoxy) is 1. The number of carbonyl (C=O) groups excluding carboxylic acids is 1. The van der Waals surface area contributed by atoms with E-state index in [1.807, 2.05) is 29.1 Å². The summed E-state index contributed by atoms with van der Waals surface area (Å²) < 4.78 is 8.26. The number of nitrogens with one attached hydrogen (secondary N) is 1. The van der Waals surface area contributed by atoms with Crippen LogP contribution in [-0.4, -0.2) is 40.6 Å². The van der Waals surface area contributed by atoms with Crippen LogP contribution in [0.25, 0.3) is 5.82 Å². The largest absolute Gasteiger partial charge is 0.382 e. The van der Waals surface area contributed by atoms with Crippen LogP contribution in [0.2, 0.25) is 0 Å². The molecule has 7 nitrogen and oxygen atoms in total. The number of nitrogens with zero attached hydrogens (tertiary/aromatic N) is 3. The second kappa shape index (κ2) is 6.17. The van der Waals surface area contributed by atoms with Gasteiger partial charge in [-0.25, -0.2) is 5.48 Å². The third kappa shape index (κ3) is 3.01. The lowest BCUT2D eigenvalue weighted by atomic mass is 10.3. The molecule has 0 aliphatic carbocycles. The van der Waals surface area contributed by atoms with Gasteiger partial charge in [0, 0.05) is 26.6 Å². The second-order valence-electron chi connectivity index (χ2n) is 3.87. The van der Waals surface area contributed by atoms with Crippen molar-refractivity contribution in [1.82, 2.24) is 19.8 Å². The predicted molar refractivity (Wildman–Crippen MR) is 67.8 cm³/mol. The minimum absolute atomic E-state index is 0.293.